The molecule has 3 N–H and O–H groups in total. The van der Waals surface area contributed by atoms with Crippen molar-refractivity contribution in [3.63, 3.8) is 0 Å². The molecule has 0 saturated heterocycles. The summed E-state index contributed by atoms with van der Waals surface area (Å²) in [5.41, 5.74) is 1.63. The van der Waals surface area contributed by atoms with Crippen LogP contribution in [0, 0.1) is 0 Å². The summed E-state index contributed by atoms with van der Waals surface area (Å²) >= 11 is 0. The second-order valence-corrected chi connectivity index (χ2v) is 9.10. The normalized spacial score (nSPS) is 13.7. The van der Waals surface area contributed by atoms with Gasteiger partial charge in [0, 0.05) is 17.3 Å². The number of carbonyl (C=O) groups is 1. The lowest BCUT2D eigenvalue weighted by Gasteiger charge is -2.21. The highest BCUT2D eigenvalue weighted by molar-refractivity contribution is 7.89. The molecule has 8 heteroatoms. The van der Waals surface area contributed by atoms with Crippen molar-refractivity contribution in [1.29, 1.82) is 0 Å². The molecule has 0 saturated carbocycles. The third-order valence-corrected chi connectivity index (χ3v) is 6.25. The van der Waals surface area contributed by atoms with Crippen LogP contribution in [0.15, 0.2) is 53.4 Å². The third-order valence-electron chi connectivity index (χ3n) is 4.57. The molecule has 0 spiro atoms. The summed E-state index contributed by atoms with van der Waals surface area (Å²) in [7, 11) is 0.0295. The number of rotatable bonds is 9. The Morgan fingerprint density at radius 3 is 2.34 bits per heavy atom. The number of ether oxygens (including phenoxy) is 1. The molecule has 0 aliphatic rings. The first-order valence-corrected chi connectivity index (χ1v) is 11.0. The van der Waals surface area contributed by atoms with Crippen molar-refractivity contribution in [2.45, 2.75) is 44.3 Å². The average Bonchev–Trinajstić information content (AvgIpc) is 2.66. The quantitative estimate of drug-likeness (QED) is 0.573. The van der Waals surface area contributed by atoms with Gasteiger partial charge < -0.3 is 15.0 Å². The van der Waals surface area contributed by atoms with Crippen molar-refractivity contribution in [3.8, 4) is 5.75 Å². The molecule has 0 aliphatic heterocycles. The molecule has 2 aromatic carbocycles. The van der Waals surface area contributed by atoms with Crippen molar-refractivity contribution in [2.75, 3.05) is 19.5 Å². The van der Waals surface area contributed by atoms with E-state index >= 15 is 0 Å². The Kier molecular flexibility index (Phi) is 7.78. The third kappa shape index (κ3) is 6.56. The summed E-state index contributed by atoms with van der Waals surface area (Å²) in [6.07, 6.45) is 0. The maximum atomic E-state index is 12.6. The van der Waals surface area contributed by atoms with Crippen LogP contribution in [0.25, 0.3) is 0 Å². The second kappa shape index (κ2) is 9.87. The summed E-state index contributed by atoms with van der Waals surface area (Å²) in [5, 5.41) is 2.85. The highest BCUT2D eigenvalue weighted by Gasteiger charge is 2.22. The first kappa shape index (κ1) is 22.9. The number of amides is 1. The van der Waals surface area contributed by atoms with Gasteiger partial charge in [-0.1, -0.05) is 12.1 Å². The number of anilines is 1. The van der Waals surface area contributed by atoms with E-state index < -0.39 is 10.0 Å². The van der Waals surface area contributed by atoms with Gasteiger partial charge in [0.05, 0.1) is 19.1 Å². The van der Waals surface area contributed by atoms with Crippen molar-refractivity contribution in [2.24, 2.45) is 0 Å². The first-order valence-electron chi connectivity index (χ1n) is 9.51. The number of hydrogen-bond acceptors (Lipinski definition) is 4. The van der Waals surface area contributed by atoms with Gasteiger partial charge >= 0.3 is 0 Å². The van der Waals surface area contributed by atoms with E-state index in [0.29, 0.717) is 12.2 Å². The highest BCUT2D eigenvalue weighted by atomic mass is 32.2. The van der Waals surface area contributed by atoms with Crippen LogP contribution in [-0.4, -0.2) is 40.6 Å². The number of hydrogen-bond donors (Lipinski definition) is 3. The number of nitrogens with one attached hydrogen (secondary N) is 3. The molecule has 0 fully saturated rings. The minimum absolute atomic E-state index is 0.138. The summed E-state index contributed by atoms with van der Waals surface area (Å²) < 4.78 is 32.1. The molecule has 0 bridgehead atoms. The van der Waals surface area contributed by atoms with Gasteiger partial charge in [0.1, 0.15) is 12.3 Å². The Hall–Kier alpha value is -2.42. The summed E-state index contributed by atoms with van der Waals surface area (Å²) in [6.45, 7) is 6.05. The topological polar surface area (TPSA) is 88.9 Å². The number of quaternary nitrogens is 1. The highest BCUT2D eigenvalue weighted by Crippen LogP contribution is 2.15. The molecule has 2 atom stereocenters. The molecule has 0 radical (unpaired) electrons. The smallest absolute Gasteiger partial charge is 0.282 e. The minimum Gasteiger partial charge on any atom is -0.497 e. The van der Waals surface area contributed by atoms with E-state index in [2.05, 4.69) is 10.0 Å². The van der Waals surface area contributed by atoms with Crippen LogP contribution in [0.3, 0.4) is 0 Å². The van der Waals surface area contributed by atoms with Gasteiger partial charge in [-0.3, -0.25) is 4.79 Å². The van der Waals surface area contributed by atoms with Gasteiger partial charge in [0.25, 0.3) is 5.91 Å². The first-order chi connectivity index (χ1) is 13.6. The van der Waals surface area contributed by atoms with Gasteiger partial charge in [-0.05, 0) is 57.2 Å². The van der Waals surface area contributed by atoms with E-state index in [1.807, 2.05) is 38.2 Å². The molecule has 29 heavy (non-hydrogen) atoms. The molecular formula is C21H30N3O4S+. The Labute approximate surface area is 173 Å². The van der Waals surface area contributed by atoms with E-state index in [1.165, 1.54) is 12.1 Å². The van der Waals surface area contributed by atoms with Crippen molar-refractivity contribution >= 4 is 21.6 Å². The minimum atomic E-state index is -3.55. The maximum absolute atomic E-state index is 12.6. The molecule has 0 aromatic heterocycles. The van der Waals surface area contributed by atoms with E-state index in [-0.39, 0.29) is 22.9 Å². The lowest BCUT2D eigenvalue weighted by atomic mass is 10.1. The number of sulfonamides is 1. The largest absolute Gasteiger partial charge is 0.497 e. The average molecular weight is 421 g/mol. The molecule has 158 valence electrons. The number of carbonyl (C=O) groups excluding carboxylic acids is 1. The fraction of sp³-hybridized carbons (Fsp3) is 0.381. The molecule has 0 aliphatic carbocycles. The SMILES string of the molecule is COc1cccc(C[NH+](C)[C@H](C)C(=O)Nc2ccc(S(=O)(=O)NC(C)C)cc2)c1. The van der Waals surface area contributed by atoms with Crippen molar-refractivity contribution < 1.29 is 22.8 Å². The molecule has 1 amide bonds. The molecule has 2 rings (SSSR count). The van der Waals surface area contributed by atoms with Crippen LogP contribution in [0.2, 0.25) is 0 Å². The number of methoxy groups -OCH3 is 1. The monoisotopic (exact) mass is 420 g/mol. The Bertz CT molecular complexity index is 927. The van der Waals surface area contributed by atoms with Crippen LogP contribution in [-0.2, 0) is 21.4 Å². The molecular weight excluding hydrogens is 390 g/mol. The van der Waals surface area contributed by atoms with Crippen LogP contribution in [0.5, 0.6) is 5.75 Å². The Morgan fingerprint density at radius 2 is 1.76 bits per heavy atom. The van der Waals surface area contributed by atoms with E-state index in [4.69, 9.17) is 4.74 Å². The second-order valence-electron chi connectivity index (χ2n) is 7.39. The summed E-state index contributed by atoms with van der Waals surface area (Å²) in [6, 6.07) is 13.4. The van der Waals surface area contributed by atoms with Gasteiger partial charge in [-0.2, -0.15) is 0 Å². The fourth-order valence-corrected chi connectivity index (χ4v) is 4.08. The Balaban J connectivity index is 1.99. The van der Waals surface area contributed by atoms with Gasteiger partial charge in [-0.15, -0.1) is 0 Å². The van der Waals surface area contributed by atoms with Gasteiger partial charge in [-0.25, -0.2) is 13.1 Å². The summed E-state index contributed by atoms with van der Waals surface area (Å²) in [4.78, 5) is 13.8. The predicted octanol–water partition coefficient (Wildman–Crippen LogP) is 1.42. The number of benzene rings is 2. The lowest BCUT2D eigenvalue weighted by Crippen LogP contribution is -3.12. The molecule has 1 unspecified atom stereocenters. The van der Waals surface area contributed by atoms with E-state index in [1.54, 1.807) is 33.1 Å². The van der Waals surface area contributed by atoms with Crippen molar-refractivity contribution in [1.82, 2.24) is 4.72 Å². The number of likely N-dealkylation sites (N-methyl/N-ethyl adjacent to an activating group) is 1. The molecule has 0 heterocycles. The zero-order valence-electron chi connectivity index (χ0n) is 17.5. The zero-order valence-corrected chi connectivity index (χ0v) is 18.3. The van der Waals surface area contributed by atoms with Gasteiger partial charge in [0.15, 0.2) is 6.04 Å². The lowest BCUT2D eigenvalue weighted by molar-refractivity contribution is -0.907. The standard InChI is InChI=1S/C21H29N3O4S/c1-15(2)23-29(26,27)20-11-9-18(10-12-20)22-21(25)16(3)24(4)14-17-7-6-8-19(13-17)28-5/h6-13,15-16,23H,14H2,1-5H3,(H,22,25)/p+1/t16-/m1/s1. The maximum Gasteiger partial charge on any atom is 0.282 e. The van der Waals surface area contributed by atoms with Crippen LogP contribution in [0.4, 0.5) is 5.69 Å². The van der Waals surface area contributed by atoms with Crippen molar-refractivity contribution in [3.05, 3.63) is 54.1 Å². The van der Waals surface area contributed by atoms with Crippen LogP contribution >= 0.6 is 0 Å². The molecule has 2 aromatic rings. The molecule has 7 nitrogen and oxygen atoms in total. The van der Waals surface area contributed by atoms with Crippen LogP contribution in [0.1, 0.15) is 26.3 Å². The van der Waals surface area contributed by atoms with E-state index in [0.717, 1.165) is 16.2 Å². The zero-order chi connectivity index (χ0) is 21.6. The summed E-state index contributed by atoms with van der Waals surface area (Å²) in [5.74, 6) is 0.649. The Morgan fingerprint density at radius 1 is 1.10 bits per heavy atom. The fourth-order valence-electron chi connectivity index (χ4n) is 2.83. The van der Waals surface area contributed by atoms with E-state index in [9.17, 15) is 13.2 Å². The van der Waals surface area contributed by atoms with Crippen LogP contribution < -0.4 is 19.7 Å². The van der Waals surface area contributed by atoms with Gasteiger partial charge in [0.2, 0.25) is 10.0 Å². The predicted molar refractivity (Wildman–Crippen MR) is 114 cm³/mol.